The zero-order valence-corrected chi connectivity index (χ0v) is 11.6. The lowest BCUT2D eigenvalue weighted by molar-refractivity contribution is 0.182. The van der Waals surface area contributed by atoms with Crippen LogP contribution in [0.3, 0.4) is 0 Å². The summed E-state index contributed by atoms with van der Waals surface area (Å²) in [5, 5.41) is 13.8. The Morgan fingerprint density at radius 1 is 1.40 bits per heavy atom. The average molecular weight is 284 g/mol. The van der Waals surface area contributed by atoms with Gasteiger partial charge >= 0.3 is 6.03 Å². The van der Waals surface area contributed by atoms with Crippen LogP contribution >= 0.6 is 0 Å². The van der Waals surface area contributed by atoms with Crippen molar-refractivity contribution in [3.05, 3.63) is 30.1 Å². The van der Waals surface area contributed by atoms with E-state index in [0.717, 1.165) is 0 Å². The van der Waals surface area contributed by atoms with Crippen molar-refractivity contribution >= 4 is 6.03 Å². The second kappa shape index (κ2) is 9.14. The van der Waals surface area contributed by atoms with Gasteiger partial charge < -0.3 is 20.5 Å². The molecule has 0 spiro atoms. The molecule has 0 aliphatic carbocycles. The summed E-state index contributed by atoms with van der Waals surface area (Å²) in [6.45, 7) is 2.63. The zero-order chi connectivity index (χ0) is 14.8. The molecule has 3 N–H and O–H groups in total. The highest BCUT2D eigenvalue weighted by Gasteiger charge is 2.12. The maximum absolute atomic E-state index is 13.4. The molecule has 112 valence electrons. The first kappa shape index (κ1) is 16.2. The number of urea groups is 1. The number of ether oxygens (including phenoxy) is 1. The van der Waals surface area contributed by atoms with Gasteiger partial charge in [-0.2, -0.15) is 0 Å². The summed E-state index contributed by atoms with van der Waals surface area (Å²) >= 11 is 0. The standard InChI is InChI=1S/C14H21FN2O3/c1-2-11(10-17-14(19)16-8-5-9-18)20-13-7-4-3-6-12(13)15/h3-4,6-7,11,18H,2,5,8-10H2,1H3,(H2,16,17,19). The van der Waals surface area contributed by atoms with Crippen molar-refractivity contribution in [2.75, 3.05) is 19.7 Å². The Balaban J connectivity index is 2.36. The number of carbonyl (C=O) groups is 1. The molecule has 0 aliphatic rings. The van der Waals surface area contributed by atoms with Gasteiger partial charge in [0.05, 0.1) is 6.54 Å². The number of carbonyl (C=O) groups excluding carboxylic acids is 1. The van der Waals surface area contributed by atoms with Crippen molar-refractivity contribution in [3.63, 3.8) is 0 Å². The summed E-state index contributed by atoms with van der Waals surface area (Å²) in [7, 11) is 0. The summed E-state index contributed by atoms with van der Waals surface area (Å²) in [6.07, 6.45) is 0.859. The number of hydrogen-bond acceptors (Lipinski definition) is 3. The number of amides is 2. The molecule has 0 aliphatic heterocycles. The molecule has 0 bridgehead atoms. The maximum Gasteiger partial charge on any atom is 0.314 e. The first-order chi connectivity index (χ1) is 9.67. The fourth-order valence-electron chi connectivity index (χ4n) is 1.54. The van der Waals surface area contributed by atoms with Gasteiger partial charge in [-0.15, -0.1) is 0 Å². The first-order valence-electron chi connectivity index (χ1n) is 6.71. The maximum atomic E-state index is 13.4. The molecule has 5 nitrogen and oxygen atoms in total. The zero-order valence-electron chi connectivity index (χ0n) is 11.6. The van der Waals surface area contributed by atoms with Crippen LogP contribution < -0.4 is 15.4 Å². The lowest BCUT2D eigenvalue weighted by atomic mass is 10.2. The summed E-state index contributed by atoms with van der Waals surface area (Å²) < 4.78 is 19.0. The number of aliphatic hydroxyl groups excluding tert-OH is 1. The van der Waals surface area contributed by atoms with Gasteiger partial charge in [0.25, 0.3) is 0 Å². The topological polar surface area (TPSA) is 70.6 Å². The first-order valence-corrected chi connectivity index (χ1v) is 6.71. The molecule has 0 heterocycles. The molecule has 0 aromatic heterocycles. The van der Waals surface area contributed by atoms with Crippen LogP contribution in [-0.2, 0) is 0 Å². The van der Waals surface area contributed by atoms with Crippen LogP contribution in [0.2, 0.25) is 0 Å². The number of para-hydroxylation sites is 1. The molecule has 0 saturated carbocycles. The number of aliphatic hydroxyl groups is 1. The Bertz CT molecular complexity index is 415. The SMILES string of the molecule is CCC(CNC(=O)NCCCO)Oc1ccccc1F. The number of halogens is 1. The van der Waals surface area contributed by atoms with Crippen molar-refractivity contribution in [2.24, 2.45) is 0 Å². The van der Waals surface area contributed by atoms with Crippen LogP contribution in [0, 0.1) is 5.82 Å². The molecule has 1 aromatic rings. The third kappa shape index (κ3) is 5.88. The molecule has 1 rings (SSSR count). The Hall–Kier alpha value is -1.82. The normalized spacial score (nSPS) is 11.8. The quantitative estimate of drug-likeness (QED) is 0.636. The number of rotatable bonds is 8. The van der Waals surface area contributed by atoms with Gasteiger partial charge in [0.1, 0.15) is 6.10 Å². The van der Waals surface area contributed by atoms with Crippen molar-refractivity contribution < 1.29 is 19.0 Å². The van der Waals surface area contributed by atoms with Crippen molar-refractivity contribution in [2.45, 2.75) is 25.9 Å². The Morgan fingerprint density at radius 3 is 2.80 bits per heavy atom. The Labute approximate surface area is 118 Å². The van der Waals surface area contributed by atoms with Gasteiger partial charge in [0, 0.05) is 13.2 Å². The fourth-order valence-corrected chi connectivity index (χ4v) is 1.54. The second-order valence-corrected chi connectivity index (χ2v) is 4.29. The molecule has 0 saturated heterocycles. The smallest absolute Gasteiger partial charge is 0.314 e. The molecule has 0 radical (unpaired) electrons. The minimum atomic E-state index is -0.418. The van der Waals surface area contributed by atoms with Gasteiger partial charge in [0.15, 0.2) is 11.6 Å². The van der Waals surface area contributed by atoms with Crippen molar-refractivity contribution in [1.82, 2.24) is 10.6 Å². The van der Waals surface area contributed by atoms with E-state index in [1.807, 2.05) is 6.92 Å². The highest BCUT2D eigenvalue weighted by atomic mass is 19.1. The minimum Gasteiger partial charge on any atom is -0.486 e. The molecule has 20 heavy (non-hydrogen) atoms. The van der Waals surface area contributed by atoms with Gasteiger partial charge in [0.2, 0.25) is 0 Å². The van der Waals surface area contributed by atoms with E-state index in [2.05, 4.69) is 10.6 Å². The number of benzene rings is 1. The molecular formula is C14H21FN2O3. The largest absolute Gasteiger partial charge is 0.486 e. The lowest BCUT2D eigenvalue weighted by Crippen LogP contribution is -2.41. The van der Waals surface area contributed by atoms with Crippen molar-refractivity contribution in [1.29, 1.82) is 0 Å². The molecular weight excluding hydrogens is 263 g/mol. The lowest BCUT2D eigenvalue weighted by Gasteiger charge is -2.18. The van der Waals surface area contributed by atoms with Gasteiger partial charge in [-0.1, -0.05) is 19.1 Å². The second-order valence-electron chi connectivity index (χ2n) is 4.29. The van der Waals surface area contributed by atoms with E-state index in [-0.39, 0.29) is 31.0 Å². The van der Waals surface area contributed by atoms with Gasteiger partial charge in [-0.3, -0.25) is 0 Å². The van der Waals surface area contributed by atoms with E-state index in [9.17, 15) is 9.18 Å². The van der Waals surface area contributed by atoms with E-state index in [4.69, 9.17) is 9.84 Å². The molecule has 2 amide bonds. The number of nitrogens with one attached hydrogen (secondary N) is 2. The summed E-state index contributed by atoms with van der Waals surface area (Å²) in [5.41, 5.74) is 0. The highest BCUT2D eigenvalue weighted by molar-refractivity contribution is 5.73. The van der Waals surface area contributed by atoms with Crippen LogP contribution in [0.4, 0.5) is 9.18 Å². The summed E-state index contributed by atoms with van der Waals surface area (Å²) in [5.74, 6) is -0.236. The molecule has 0 fully saturated rings. The Morgan fingerprint density at radius 2 is 2.15 bits per heavy atom. The Kier molecular flexibility index (Phi) is 7.42. The minimum absolute atomic E-state index is 0.0360. The average Bonchev–Trinajstić information content (AvgIpc) is 2.45. The highest BCUT2D eigenvalue weighted by Crippen LogP contribution is 2.17. The van der Waals surface area contributed by atoms with Gasteiger partial charge in [-0.25, -0.2) is 9.18 Å². The van der Waals surface area contributed by atoms with E-state index in [1.165, 1.54) is 6.07 Å². The predicted molar refractivity (Wildman–Crippen MR) is 74.2 cm³/mol. The van der Waals surface area contributed by atoms with Gasteiger partial charge in [-0.05, 0) is 25.0 Å². The summed E-state index contributed by atoms with van der Waals surface area (Å²) in [4.78, 5) is 11.4. The third-order valence-corrected chi connectivity index (χ3v) is 2.70. The van der Waals surface area contributed by atoms with Crippen molar-refractivity contribution in [3.8, 4) is 5.75 Å². The molecule has 6 heteroatoms. The fraction of sp³-hybridized carbons (Fsp3) is 0.500. The molecule has 1 aromatic carbocycles. The molecule has 1 unspecified atom stereocenters. The van der Waals surface area contributed by atoms with Crippen LogP contribution in [-0.4, -0.2) is 36.9 Å². The summed E-state index contributed by atoms with van der Waals surface area (Å²) in [6, 6.07) is 5.85. The van der Waals surface area contributed by atoms with E-state index in [0.29, 0.717) is 19.4 Å². The predicted octanol–water partition coefficient (Wildman–Crippen LogP) is 1.66. The van der Waals surface area contributed by atoms with Crippen LogP contribution in [0.1, 0.15) is 19.8 Å². The third-order valence-electron chi connectivity index (χ3n) is 2.70. The van der Waals surface area contributed by atoms with E-state index in [1.54, 1.807) is 18.2 Å². The van der Waals surface area contributed by atoms with Crippen LogP contribution in [0.15, 0.2) is 24.3 Å². The van der Waals surface area contributed by atoms with E-state index < -0.39 is 5.82 Å². The van der Waals surface area contributed by atoms with E-state index >= 15 is 0 Å². The molecule has 1 atom stereocenters. The number of hydrogen-bond donors (Lipinski definition) is 3. The van der Waals surface area contributed by atoms with Crippen LogP contribution in [0.5, 0.6) is 5.75 Å². The van der Waals surface area contributed by atoms with Crippen LogP contribution in [0.25, 0.3) is 0 Å². The monoisotopic (exact) mass is 284 g/mol.